The molecule has 0 radical (unpaired) electrons. The molecule has 1 N–H and O–H groups in total. The van der Waals surface area contributed by atoms with E-state index in [1.165, 1.54) is 6.42 Å². The van der Waals surface area contributed by atoms with Gasteiger partial charge in [0.15, 0.2) is 0 Å². The minimum atomic E-state index is -0.0794. The first-order valence-corrected chi connectivity index (χ1v) is 8.94. The van der Waals surface area contributed by atoms with Crippen LogP contribution in [0.1, 0.15) is 37.4 Å². The third-order valence-corrected chi connectivity index (χ3v) is 5.18. The fraction of sp³-hybridized carbons (Fsp3) is 0.474. The van der Waals surface area contributed by atoms with Crippen LogP contribution in [0.3, 0.4) is 0 Å². The van der Waals surface area contributed by atoms with Crippen molar-refractivity contribution in [2.75, 3.05) is 18.0 Å². The molecule has 5 heteroatoms. The van der Waals surface area contributed by atoms with Crippen LogP contribution in [-0.4, -0.2) is 34.6 Å². The highest BCUT2D eigenvalue weighted by molar-refractivity contribution is 5.97. The second-order valence-corrected chi connectivity index (χ2v) is 6.75. The first kappa shape index (κ1) is 15.4. The third kappa shape index (κ3) is 2.96. The number of hydrogen-bond acceptors (Lipinski definition) is 3. The van der Waals surface area contributed by atoms with Gasteiger partial charge < -0.3 is 14.8 Å². The zero-order chi connectivity index (χ0) is 16.4. The van der Waals surface area contributed by atoms with Gasteiger partial charge in [-0.25, -0.2) is 4.98 Å². The molecule has 3 heterocycles. The summed E-state index contributed by atoms with van der Waals surface area (Å²) in [7, 11) is 0. The lowest BCUT2D eigenvalue weighted by atomic mass is 9.97. The molecule has 1 aromatic heterocycles. The molecule has 0 saturated carbocycles. The van der Waals surface area contributed by atoms with Gasteiger partial charge in [0.2, 0.25) is 5.91 Å². The van der Waals surface area contributed by atoms with Gasteiger partial charge in [0, 0.05) is 43.6 Å². The highest BCUT2D eigenvalue weighted by Crippen LogP contribution is 2.26. The fourth-order valence-electron chi connectivity index (χ4n) is 3.91. The molecule has 2 aromatic rings. The van der Waals surface area contributed by atoms with Gasteiger partial charge in [-0.1, -0.05) is 18.2 Å². The lowest BCUT2D eigenvalue weighted by Gasteiger charge is -2.34. The van der Waals surface area contributed by atoms with Crippen molar-refractivity contribution >= 4 is 11.6 Å². The van der Waals surface area contributed by atoms with E-state index >= 15 is 0 Å². The molecule has 0 spiro atoms. The van der Waals surface area contributed by atoms with Crippen molar-refractivity contribution in [3.63, 3.8) is 0 Å². The molecule has 2 atom stereocenters. The number of nitrogens with zero attached hydrogens (tertiary/aromatic N) is 3. The number of nitrogens with one attached hydrogen (secondary N) is 1. The topological polar surface area (TPSA) is 50.2 Å². The van der Waals surface area contributed by atoms with Crippen LogP contribution in [0.4, 0.5) is 5.69 Å². The number of hydrogen-bond donors (Lipinski definition) is 1. The molecule has 1 fully saturated rings. The Morgan fingerprint density at radius 1 is 1.12 bits per heavy atom. The number of carbonyl (C=O) groups is 1. The zero-order valence-corrected chi connectivity index (χ0v) is 13.9. The number of fused-ring (bicyclic) bond motifs is 1. The number of piperidine rings is 1. The van der Waals surface area contributed by atoms with Gasteiger partial charge in [-0.15, -0.1) is 0 Å². The lowest BCUT2D eigenvalue weighted by molar-refractivity contribution is -0.121. The second kappa shape index (κ2) is 6.77. The van der Waals surface area contributed by atoms with Crippen LogP contribution in [0.15, 0.2) is 42.7 Å². The maximum atomic E-state index is 12.8. The van der Waals surface area contributed by atoms with Crippen molar-refractivity contribution in [3.8, 4) is 0 Å². The molecular weight excluding hydrogens is 300 g/mol. The summed E-state index contributed by atoms with van der Waals surface area (Å²) in [6.45, 7) is 2.71. The highest BCUT2D eigenvalue weighted by Gasteiger charge is 2.30. The van der Waals surface area contributed by atoms with Gasteiger partial charge >= 0.3 is 0 Å². The molecule has 4 rings (SSSR count). The van der Waals surface area contributed by atoms with Gasteiger partial charge in [-0.3, -0.25) is 4.79 Å². The predicted octanol–water partition coefficient (Wildman–Crippen LogP) is 2.55. The van der Waals surface area contributed by atoms with Gasteiger partial charge in [0.1, 0.15) is 5.82 Å². The van der Waals surface area contributed by atoms with Crippen molar-refractivity contribution in [2.45, 2.75) is 44.2 Å². The maximum Gasteiger partial charge on any atom is 0.244 e. The van der Waals surface area contributed by atoms with Crippen LogP contribution < -0.4 is 10.2 Å². The first-order chi connectivity index (χ1) is 11.8. The van der Waals surface area contributed by atoms with Crippen molar-refractivity contribution < 1.29 is 4.79 Å². The van der Waals surface area contributed by atoms with Crippen LogP contribution in [0.2, 0.25) is 0 Å². The molecule has 1 saturated heterocycles. The third-order valence-electron chi connectivity index (χ3n) is 5.18. The molecule has 0 aliphatic carbocycles. The zero-order valence-electron chi connectivity index (χ0n) is 13.9. The van der Waals surface area contributed by atoms with E-state index in [-0.39, 0.29) is 11.9 Å². The molecule has 1 aromatic carbocycles. The first-order valence-electron chi connectivity index (χ1n) is 8.94. The number of aryl methyl sites for hydroxylation is 1. The van der Waals surface area contributed by atoms with E-state index in [2.05, 4.69) is 21.1 Å². The lowest BCUT2D eigenvalue weighted by Crippen LogP contribution is -2.51. The van der Waals surface area contributed by atoms with Crippen molar-refractivity contribution in [1.82, 2.24) is 14.9 Å². The largest absolute Gasteiger partial charge is 0.335 e. The number of para-hydroxylation sites is 1. The van der Waals surface area contributed by atoms with Crippen molar-refractivity contribution in [2.24, 2.45) is 0 Å². The SMILES string of the molecule is O=C1C(NCC2CCCn3ccnc32)CCCN1c1ccccc1. The summed E-state index contributed by atoms with van der Waals surface area (Å²) in [6, 6.07) is 9.91. The number of aromatic nitrogens is 2. The van der Waals surface area contributed by atoms with Crippen LogP contribution >= 0.6 is 0 Å². The summed E-state index contributed by atoms with van der Waals surface area (Å²) in [5.74, 6) is 1.78. The Labute approximate surface area is 142 Å². The summed E-state index contributed by atoms with van der Waals surface area (Å²) in [5.41, 5.74) is 1.00. The summed E-state index contributed by atoms with van der Waals surface area (Å²) in [4.78, 5) is 19.3. The average molecular weight is 324 g/mol. The maximum absolute atomic E-state index is 12.8. The minimum absolute atomic E-state index is 0.0794. The predicted molar refractivity (Wildman–Crippen MR) is 94.0 cm³/mol. The number of amides is 1. The van der Waals surface area contributed by atoms with Crippen LogP contribution in [0.5, 0.6) is 0 Å². The Morgan fingerprint density at radius 3 is 2.83 bits per heavy atom. The molecule has 24 heavy (non-hydrogen) atoms. The monoisotopic (exact) mass is 324 g/mol. The normalized spacial score (nSPS) is 24.0. The number of benzene rings is 1. The molecule has 0 bridgehead atoms. The van der Waals surface area contributed by atoms with Gasteiger partial charge in [-0.05, 0) is 37.8 Å². The molecule has 2 unspecified atom stereocenters. The van der Waals surface area contributed by atoms with Crippen molar-refractivity contribution in [1.29, 1.82) is 0 Å². The standard InChI is InChI=1S/C19H24N4O/c24-19-17(9-5-12-23(19)16-7-2-1-3-8-16)21-14-15-6-4-11-22-13-10-20-18(15)22/h1-3,7-8,10,13,15,17,21H,4-6,9,11-12,14H2. The number of carbonyl (C=O) groups excluding carboxylic acids is 1. The number of anilines is 1. The molecular formula is C19H24N4O. The molecule has 2 aliphatic heterocycles. The van der Waals surface area contributed by atoms with E-state index in [0.717, 1.165) is 50.4 Å². The van der Waals surface area contributed by atoms with E-state index in [0.29, 0.717) is 5.92 Å². The molecule has 5 nitrogen and oxygen atoms in total. The Balaban J connectivity index is 1.41. The summed E-state index contributed by atoms with van der Waals surface area (Å²) in [5, 5.41) is 3.53. The van der Waals surface area contributed by atoms with E-state index in [1.54, 1.807) is 0 Å². The molecule has 1 amide bonds. The summed E-state index contributed by atoms with van der Waals surface area (Å²) in [6.07, 6.45) is 8.24. The average Bonchev–Trinajstić information content (AvgIpc) is 3.11. The van der Waals surface area contributed by atoms with E-state index in [4.69, 9.17) is 0 Å². The number of imidazole rings is 1. The van der Waals surface area contributed by atoms with Crippen LogP contribution in [-0.2, 0) is 11.3 Å². The number of rotatable bonds is 4. The minimum Gasteiger partial charge on any atom is -0.335 e. The van der Waals surface area contributed by atoms with Gasteiger partial charge in [-0.2, -0.15) is 0 Å². The summed E-state index contributed by atoms with van der Waals surface area (Å²) >= 11 is 0. The Bertz CT molecular complexity index is 696. The molecule has 2 aliphatic rings. The van der Waals surface area contributed by atoms with E-state index in [1.807, 2.05) is 41.4 Å². The molecule has 126 valence electrons. The second-order valence-electron chi connectivity index (χ2n) is 6.75. The Morgan fingerprint density at radius 2 is 1.96 bits per heavy atom. The highest BCUT2D eigenvalue weighted by atomic mass is 16.2. The van der Waals surface area contributed by atoms with Gasteiger partial charge in [0.05, 0.1) is 6.04 Å². The van der Waals surface area contributed by atoms with Gasteiger partial charge in [0.25, 0.3) is 0 Å². The van der Waals surface area contributed by atoms with Crippen LogP contribution in [0, 0.1) is 0 Å². The fourth-order valence-corrected chi connectivity index (χ4v) is 3.91. The van der Waals surface area contributed by atoms with Crippen molar-refractivity contribution in [3.05, 3.63) is 48.5 Å². The van der Waals surface area contributed by atoms with E-state index in [9.17, 15) is 4.79 Å². The Kier molecular flexibility index (Phi) is 4.34. The Hall–Kier alpha value is -2.14. The van der Waals surface area contributed by atoms with E-state index < -0.39 is 0 Å². The summed E-state index contributed by atoms with van der Waals surface area (Å²) < 4.78 is 2.24. The smallest absolute Gasteiger partial charge is 0.244 e. The van der Waals surface area contributed by atoms with Crippen LogP contribution in [0.25, 0.3) is 0 Å². The quantitative estimate of drug-likeness (QED) is 0.940.